The van der Waals surface area contributed by atoms with E-state index >= 15 is 0 Å². The number of halogens is 3. The molecule has 3 aromatic rings. The Morgan fingerprint density at radius 2 is 1.33 bits per heavy atom. The van der Waals surface area contributed by atoms with Crippen molar-refractivity contribution in [1.29, 1.82) is 0 Å². The van der Waals surface area contributed by atoms with Crippen molar-refractivity contribution in [2.45, 2.75) is 13.7 Å². The summed E-state index contributed by atoms with van der Waals surface area (Å²) in [5.41, 5.74) is 1.82. The highest BCUT2D eigenvalue weighted by Gasteiger charge is 2.30. The van der Waals surface area contributed by atoms with Crippen molar-refractivity contribution in [3.05, 3.63) is 60.3 Å². The molecule has 2 aromatic carbocycles. The van der Waals surface area contributed by atoms with Gasteiger partial charge in [0.2, 0.25) is 3.79 Å². The van der Waals surface area contributed by atoms with Crippen molar-refractivity contribution < 1.29 is 0 Å². The van der Waals surface area contributed by atoms with Crippen LogP contribution in [-0.2, 0) is 3.79 Å². The topological polar surface area (TPSA) is 25.8 Å². The zero-order valence-electron chi connectivity index (χ0n) is 10.6. The molecule has 0 aliphatic carbocycles. The predicted molar refractivity (Wildman–Crippen MR) is 89.3 cm³/mol. The molecular formula is C15H9Cl3N2S. The molecule has 0 radical (unpaired) electrons. The summed E-state index contributed by atoms with van der Waals surface area (Å²) in [4.78, 5) is 10.1. The molecule has 6 heteroatoms. The minimum Gasteiger partial charge on any atom is -0.244 e. The van der Waals surface area contributed by atoms with Gasteiger partial charge in [0.25, 0.3) is 0 Å². The Morgan fingerprint density at radius 1 is 0.762 bits per heavy atom. The van der Waals surface area contributed by atoms with E-state index in [-0.39, 0.29) is 0 Å². The third-order valence-corrected chi connectivity index (χ3v) is 4.29. The fraction of sp³-hybridized carbons (Fsp3) is 0.0667. The zero-order valence-corrected chi connectivity index (χ0v) is 13.7. The van der Waals surface area contributed by atoms with Crippen LogP contribution < -0.4 is 0 Å². The van der Waals surface area contributed by atoms with Crippen LogP contribution in [0.1, 0.15) is 5.69 Å². The molecule has 21 heavy (non-hydrogen) atoms. The average molecular weight is 356 g/mol. The SMILES string of the molecule is ClC(Cl)(Cl)c1nc2ccccc2nc1Sc1ccccc1. The molecular weight excluding hydrogens is 347 g/mol. The monoisotopic (exact) mass is 354 g/mol. The van der Waals surface area contributed by atoms with Crippen LogP contribution in [0.5, 0.6) is 0 Å². The van der Waals surface area contributed by atoms with Gasteiger partial charge >= 0.3 is 0 Å². The standard InChI is InChI=1S/C15H9Cl3N2S/c16-15(17,18)13-14(21-10-6-2-1-3-7-10)20-12-9-5-4-8-11(12)19-13/h1-9H. The van der Waals surface area contributed by atoms with Crippen LogP contribution in [-0.4, -0.2) is 9.97 Å². The van der Waals surface area contributed by atoms with Gasteiger partial charge in [0, 0.05) is 4.90 Å². The maximum absolute atomic E-state index is 6.05. The molecule has 0 amide bonds. The van der Waals surface area contributed by atoms with Gasteiger partial charge in [-0.3, -0.25) is 0 Å². The summed E-state index contributed by atoms with van der Waals surface area (Å²) in [7, 11) is 0. The molecule has 2 nitrogen and oxygen atoms in total. The highest BCUT2D eigenvalue weighted by molar-refractivity contribution is 7.99. The lowest BCUT2D eigenvalue weighted by atomic mass is 10.3. The van der Waals surface area contributed by atoms with E-state index < -0.39 is 3.79 Å². The predicted octanol–water partition coefficient (Wildman–Crippen LogP) is 5.61. The number of para-hydroxylation sites is 2. The summed E-state index contributed by atoms with van der Waals surface area (Å²) in [6, 6.07) is 17.3. The van der Waals surface area contributed by atoms with Crippen LogP contribution in [0, 0.1) is 0 Å². The molecule has 1 heterocycles. The normalized spacial score (nSPS) is 11.8. The second kappa shape index (κ2) is 6.01. The molecule has 0 bridgehead atoms. The van der Waals surface area contributed by atoms with E-state index in [0.717, 1.165) is 10.4 Å². The van der Waals surface area contributed by atoms with Gasteiger partial charge in [-0.05, 0) is 24.3 Å². The first-order valence-electron chi connectivity index (χ1n) is 6.11. The third-order valence-electron chi connectivity index (χ3n) is 2.76. The summed E-state index contributed by atoms with van der Waals surface area (Å²) in [5.74, 6) is 0. The molecule has 0 aliphatic rings. The fourth-order valence-electron chi connectivity index (χ4n) is 1.84. The van der Waals surface area contributed by atoms with E-state index in [4.69, 9.17) is 34.8 Å². The van der Waals surface area contributed by atoms with E-state index in [1.165, 1.54) is 11.8 Å². The molecule has 0 unspecified atom stereocenters. The minimum absolute atomic E-state index is 0.347. The smallest absolute Gasteiger partial charge is 0.235 e. The van der Waals surface area contributed by atoms with Gasteiger partial charge in [-0.1, -0.05) is 76.9 Å². The Labute approximate surface area is 141 Å². The summed E-state index contributed by atoms with van der Waals surface area (Å²) in [5, 5.41) is 0.597. The van der Waals surface area contributed by atoms with Crippen molar-refractivity contribution >= 4 is 57.6 Å². The molecule has 0 saturated carbocycles. The highest BCUT2D eigenvalue weighted by atomic mass is 35.6. The lowest BCUT2D eigenvalue weighted by Gasteiger charge is -2.15. The van der Waals surface area contributed by atoms with Crippen molar-refractivity contribution in [2.75, 3.05) is 0 Å². The van der Waals surface area contributed by atoms with Crippen molar-refractivity contribution in [1.82, 2.24) is 9.97 Å². The third kappa shape index (κ3) is 3.43. The van der Waals surface area contributed by atoms with Gasteiger partial charge in [-0.15, -0.1) is 0 Å². The molecule has 1 aromatic heterocycles. The Morgan fingerprint density at radius 3 is 1.95 bits per heavy atom. The Kier molecular flexibility index (Phi) is 4.27. The number of alkyl halides is 3. The van der Waals surface area contributed by atoms with E-state index in [0.29, 0.717) is 16.2 Å². The van der Waals surface area contributed by atoms with Crippen LogP contribution in [0.25, 0.3) is 11.0 Å². The fourth-order valence-corrected chi connectivity index (χ4v) is 3.36. The number of hydrogen-bond donors (Lipinski definition) is 0. The highest BCUT2D eigenvalue weighted by Crippen LogP contribution is 2.43. The first-order valence-corrected chi connectivity index (χ1v) is 8.06. The lowest BCUT2D eigenvalue weighted by Crippen LogP contribution is -2.08. The van der Waals surface area contributed by atoms with Gasteiger partial charge in [-0.2, -0.15) is 0 Å². The molecule has 0 N–H and O–H groups in total. The van der Waals surface area contributed by atoms with Crippen molar-refractivity contribution in [3.8, 4) is 0 Å². The van der Waals surface area contributed by atoms with E-state index in [9.17, 15) is 0 Å². The quantitative estimate of drug-likeness (QED) is 0.559. The molecule has 0 fully saturated rings. The number of rotatable bonds is 2. The zero-order chi connectivity index (χ0) is 14.9. The van der Waals surface area contributed by atoms with Crippen molar-refractivity contribution in [3.63, 3.8) is 0 Å². The Balaban J connectivity index is 2.14. The van der Waals surface area contributed by atoms with Crippen molar-refractivity contribution in [2.24, 2.45) is 0 Å². The number of fused-ring (bicyclic) bond motifs is 1. The van der Waals surface area contributed by atoms with Gasteiger partial charge in [0.15, 0.2) is 0 Å². The van der Waals surface area contributed by atoms with E-state index in [1.807, 2.05) is 54.6 Å². The van der Waals surface area contributed by atoms with Crippen LogP contribution in [0.4, 0.5) is 0 Å². The van der Waals surface area contributed by atoms with Crippen LogP contribution in [0.15, 0.2) is 64.5 Å². The van der Waals surface area contributed by atoms with Crippen LogP contribution in [0.2, 0.25) is 0 Å². The molecule has 0 atom stereocenters. The second-order valence-electron chi connectivity index (χ2n) is 4.28. The van der Waals surface area contributed by atoms with Crippen LogP contribution >= 0.6 is 46.6 Å². The first kappa shape index (κ1) is 14.9. The lowest BCUT2D eigenvalue weighted by molar-refractivity contribution is 0.970. The first-order chi connectivity index (χ1) is 10.0. The van der Waals surface area contributed by atoms with Crippen LogP contribution in [0.3, 0.4) is 0 Å². The summed E-state index contributed by atoms with van der Waals surface area (Å²) < 4.78 is -1.62. The molecule has 3 rings (SSSR count). The summed E-state index contributed by atoms with van der Waals surface area (Å²) in [6.45, 7) is 0. The molecule has 106 valence electrons. The van der Waals surface area contributed by atoms with E-state index in [2.05, 4.69) is 9.97 Å². The number of aromatic nitrogens is 2. The number of benzene rings is 2. The Bertz CT molecular complexity index is 773. The second-order valence-corrected chi connectivity index (χ2v) is 7.62. The van der Waals surface area contributed by atoms with E-state index in [1.54, 1.807) is 0 Å². The number of nitrogens with zero attached hydrogens (tertiary/aromatic N) is 2. The van der Waals surface area contributed by atoms with Gasteiger partial charge in [-0.25, -0.2) is 9.97 Å². The van der Waals surface area contributed by atoms with Gasteiger partial charge < -0.3 is 0 Å². The largest absolute Gasteiger partial charge is 0.244 e. The molecule has 0 spiro atoms. The number of hydrogen-bond acceptors (Lipinski definition) is 3. The summed E-state index contributed by atoms with van der Waals surface area (Å²) in [6.07, 6.45) is 0. The van der Waals surface area contributed by atoms with Gasteiger partial charge in [0.1, 0.15) is 10.7 Å². The molecule has 0 aliphatic heterocycles. The van der Waals surface area contributed by atoms with Gasteiger partial charge in [0.05, 0.1) is 11.0 Å². The summed E-state index contributed by atoms with van der Waals surface area (Å²) >= 11 is 19.6. The maximum Gasteiger partial charge on any atom is 0.235 e. The average Bonchev–Trinajstić information content (AvgIpc) is 2.46. The Hall–Kier alpha value is -1.00. The molecule has 0 saturated heterocycles. The minimum atomic E-state index is -1.62. The maximum atomic E-state index is 6.05.